The number of nitrogens with one attached hydrogen (secondary N) is 1. The molecule has 1 aliphatic heterocycles. The molecule has 0 amide bonds. The molecule has 2 N–H and O–H groups in total. The first-order valence-corrected chi connectivity index (χ1v) is 3.08. The molecular formula is C6H10N2O2. The number of aliphatic carboxylic acids is 1. The minimum atomic E-state index is -0.871. The number of hydrogen-bond acceptors (Lipinski definition) is 3. The van der Waals surface area contributed by atoms with Crippen LogP contribution in [0.5, 0.6) is 0 Å². The zero-order valence-corrected chi connectivity index (χ0v) is 6.01. The Hall–Kier alpha value is -1.06. The number of nitrogens with zero attached hydrogens (tertiary/aromatic N) is 1. The van der Waals surface area contributed by atoms with Crippen LogP contribution in [0.1, 0.15) is 20.3 Å². The van der Waals surface area contributed by atoms with Crippen molar-refractivity contribution in [3.63, 3.8) is 0 Å². The van der Waals surface area contributed by atoms with Crippen molar-refractivity contribution in [3.8, 4) is 0 Å². The Morgan fingerprint density at radius 1 is 1.90 bits per heavy atom. The van der Waals surface area contributed by atoms with Gasteiger partial charge in [0.2, 0.25) is 0 Å². The second-order valence-electron chi connectivity index (χ2n) is 2.77. The van der Waals surface area contributed by atoms with Crippen LogP contribution in [-0.2, 0) is 4.79 Å². The fraction of sp³-hybridized carbons (Fsp3) is 0.667. The average Bonchev–Trinajstić information content (AvgIpc) is 2.13. The van der Waals surface area contributed by atoms with Gasteiger partial charge in [0.05, 0.1) is 0 Å². The Balaban J connectivity index is 2.70. The topological polar surface area (TPSA) is 61.7 Å². The van der Waals surface area contributed by atoms with E-state index in [1.165, 1.54) is 0 Å². The van der Waals surface area contributed by atoms with Crippen LogP contribution >= 0.6 is 0 Å². The summed E-state index contributed by atoms with van der Waals surface area (Å²) >= 11 is 0. The summed E-state index contributed by atoms with van der Waals surface area (Å²) in [6.45, 7) is 3.43. The number of hydrogen-bond donors (Lipinski definition) is 2. The van der Waals surface area contributed by atoms with Gasteiger partial charge in [-0.2, -0.15) is 5.10 Å². The molecule has 0 aromatic rings. The Morgan fingerprint density at radius 2 is 2.50 bits per heavy atom. The van der Waals surface area contributed by atoms with Crippen molar-refractivity contribution in [3.05, 3.63) is 0 Å². The van der Waals surface area contributed by atoms with E-state index in [1.54, 1.807) is 13.8 Å². The Kier molecular flexibility index (Phi) is 1.39. The van der Waals surface area contributed by atoms with E-state index >= 15 is 0 Å². The van der Waals surface area contributed by atoms with Gasteiger partial charge in [0.15, 0.2) is 5.54 Å². The van der Waals surface area contributed by atoms with Crippen molar-refractivity contribution in [2.45, 2.75) is 25.8 Å². The quantitative estimate of drug-likeness (QED) is 0.549. The van der Waals surface area contributed by atoms with E-state index in [1.807, 2.05) is 0 Å². The monoisotopic (exact) mass is 142 g/mol. The maximum Gasteiger partial charge on any atom is 0.331 e. The minimum absolute atomic E-state index is 0.488. The van der Waals surface area contributed by atoms with E-state index in [9.17, 15) is 4.79 Å². The van der Waals surface area contributed by atoms with Gasteiger partial charge in [0.25, 0.3) is 0 Å². The summed E-state index contributed by atoms with van der Waals surface area (Å²) in [5.41, 5.74) is 2.54. The van der Waals surface area contributed by atoms with Crippen LogP contribution in [0, 0.1) is 0 Å². The van der Waals surface area contributed by atoms with Gasteiger partial charge in [-0.05, 0) is 13.8 Å². The zero-order valence-electron chi connectivity index (χ0n) is 6.01. The van der Waals surface area contributed by atoms with E-state index in [4.69, 9.17) is 5.11 Å². The molecule has 1 atom stereocenters. The molecule has 0 spiro atoms. The third kappa shape index (κ3) is 0.964. The van der Waals surface area contributed by atoms with Crippen LogP contribution < -0.4 is 5.43 Å². The predicted molar refractivity (Wildman–Crippen MR) is 36.9 cm³/mol. The summed E-state index contributed by atoms with van der Waals surface area (Å²) in [5.74, 6) is -0.854. The molecule has 1 rings (SSSR count). The summed E-state index contributed by atoms with van der Waals surface area (Å²) in [7, 11) is 0. The van der Waals surface area contributed by atoms with Gasteiger partial charge in [-0.1, -0.05) is 0 Å². The van der Waals surface area contributed by atoms with Crippen molar-refractivity contribution in [2.75, 3.05) is 0 Å². The smallest absolute Gasteiger partial charge is 0.331 e. The summed E-state index contributed by atoms with van der Waals surface area (Å²) in [5, 5.41) is 12.5. The number of carboxylic acid groups (broad SMARTS) is 1. The van der Waals surface area contributed by atoms with Gasteiger partial charge in [0.1, 0.15) is 0 Å². The fourth-order valence-electron chi connectivity index (χ4n) is 0.933. The average molecular weight is 142 g/mol. The lowest BCUT2D eigenvalue weighted by molar-refractivity contribution is -0.143. The van der Waals surface area contributed by atoms with E-state index < -0.39 is 11.5 Å². The Labute approximate surface area is 58.9 Å². The van der Waals surface area contributed by atoms with Gasteiger partial charge >= 0.3 is 5.97 Å². The van der Waals surface area contributed by atoms with E-state index in [2.05, 4.69) is 10.5 Å². The van der Waals surface area contributed by atoms with E-state index in [0.717, 1.165) is 5.71 Å². The summed E-state index contributed by atoms with van der Waals surface area (Å²) in [6, 6.07) is 0. The number of rotatable bonds is 1. The van der Waals surface area contributed by atoms with Gasteiger partial charge in [-0.3, -0.25) is 5.43 Å². The highest BCUT2D eigenvalue weighted by atomic mass is 16.4. The maximum absolute atomic E-state index is 10.5. The second kappa shape index (κ2) is 1.97. The van der Waals surface area contributed by atoms with E-state index in [0.29, 0.717) is 6.42 Å². The zero-order chi connectivity index (χ0) is 7.78. The molecule has 56 valence electrons. The first-order valence-electron chi connectivity index (χ1n) is 3.08. The molecule has 0 bridgehead atoms. The molecule has 1 unspecified atom stereocenters. The standard InChI is InChI=1S/C6H10N2O2/c1-4-3-6(2,5(9)10)8-7-4/h8H,3H2,1-2H3,(H,9,10). The highest BCUT2D eigenvalue weighted by molar-refractivity contribution is 5.92. The van der Waals surface area contributed by atoms with Crippen molar-refractivity contribution < 1.29 is 9.90 Å². The first kappa shape index (κ1) is 7.05. The van der Waals surface area contributed by atoms with Gasteiger partial charge in [0, 0.05) is 12.1 Å². The van der Waals surface area contributed by atoms with Crippen LogP contribution in [0.2, 0.25) is 0 Å². The van der Waals surface area contributed by atoms with Crippen LogP contribution in [0.15, 0.2) is 5.10 Å². The molecule has 1 heterocycles. The normalized spacial score (nSPS) is 31.2. The van der Waals surface area contributed by atoms with Gasteiger partial charge < -0.3 is 5.11 Å². The fourth-order valence-corrected chi connectivity index (χ4v) is 0.933. The molecule has 4 heteroatoms. The highest BCUT2D eigenvalue weighted by Crippen LogP contribution is 2.16. The molecule has 0 aliphatic carbocycles. The molecule has 4 nitrogen and oxygen atoms in total. The molecule has 0 saturated heterocycles. The summed E-state index contributed by atoms with van der Waals surface area (Å²) < 4.78 is 0. The van der Waals surface area contributed by atoms with Crippen LogP contribution in [0.3, 0.4) is 0 Å². The predicted octanol–water partition coefficient (Wildman–Crippen LogP) is 0.199. The lowest BCUT2D eigenvalue weighted by atomic mass is 9.98. The minimum Gasteiger partial charge on any atom is -0.479 e. The molecule has 0 aromatic carbocycles. The molecule has 10 heavy (non-hydrogen) atoms. The lowest BCUT2D eigenvalue weighted by Gasteiger charge is -2.16. The third-order valence-electron chi connectivity index (χ3n) is 1.57. The number of carboxylic acids is 1. The molecule has 0 radical (unpaired) electrons. The Bertz CT molecular complexity index is 200. The number of carbonyl (C=O) groups is 1. The van der Waals surface area contributed by atoms with Crippen LogP contribution in [0.25, 0.3) is 0 Å². The van der Waals surface area contributed by atoms with Crippen molar-refractivity contribution in [1.29, 1.82) is 0 Å². The SMILES string of the molecule is CC1=NNC(C)(C(=O)O)C1. The highest BCUT2D eigenvalue weighted by Gasteiger charge is 2.36. The third-order valence-corrected chi connectivity index (χ3v) is 1.57. The Morgan fingerprint density at radius 3 is 2.70 bits per heavy atom. The van der Waals surface area contributed by atoms with E-state index in [-0.39, 0.29) is 0 Å². The van der Waals surface area contributed by atoms with Crippen molar-refractivity contribution in [1.82, 2.24) is 5.43 Å². The maximum atomic E-state index is 10.5. The summed E-state index contributed by atoms with van der Waals surface area (Å²) in [6.07, 6.45) is 0.488. The van der Waals surface area contributed by atoms with Crippen molar-refractivity contribution in [2.24, 2.45) is 5.10 Å². The molecule has 0 saturated carbocycles. The largest absolute Gasteiger partial charge is 0.479 e. The number of hydrazone groups is 1. The van der Waals surface area contributed by atoms with Crippen molar-refractivity contribution >= 4 is 11.7 Å². The first-order chi connectivity index (χ1) is 4.54. The van der Waals surface area contributed by atoms with Gasteiger partial charge in [-0.25, -0.2) is 4.79 Å². The molecular weight excluding hydrogens is 132 g/mol. The van der Waals surface area contributed by atoms with Crippen LogP contribution in [-0.4, -0.2) is 22.3 Å². The van der Waals surface area contributed by atoms with Crippen LogP contribution in [0.4, 0.5) is 0 Å². The lowest BCUT2D eigenvalue weighted by Crippen LogP contribution is -2.43. The molecule has 1 aliphatic rings. The van der Waals surface area contributed by atoms with Gasteiger partial charge in [-0.15, -0.1) is 0 Å². The molecule has 0 fully saturated rings. The second-order valence-corrected chi connectivity index (χ2v) is 2.77. The molecule has 0 aromatic heterocycles. The summed E-state index contributed by atoms with van der Waals surface area (Å²) in [4.78, 5) is 10.5.